The molecule has 1 aliphatic rings. The summed E-state index contributed by atoms with van der Waals surface area (Å²) < 4.78 is 12.7. The first kappa shape index (κ1) is 21.8. The molecule has 1 saturated heterocycles. The molecule has 8 heteroatoms. The number of aromatic nitrogens is 2. The Bertz CT molecular complexity index is 1120. The zero-order chi connectivity index (χ0) is 22.5. The van der Waals surface area contributed by atoms with E-state index in [1.54, 1.807) is 25.3 Å². The lowest BCUT2D eigenvalue weighted by atomic mass is 10.2. The van der Waals surface area contributed by atoms with Crippen molar-refractivity contribution in [3.05, 3.63) is 53.9 Å². The first-order valence-electron chi connectivity index (χ1n) is 10.9. The summed E-state index contributed by atoms with van der Waals surface area (Å²) in [4.78, 5) is 29.4. The van der Waals surface area contributed by atoms with E-state index in [0.29, 0.717) is 30.2 Å². The number of ether oxygens (including phenoxy) is 2. The monoisotopic (exact) mass is 436 g/mol. The summed E-state index contributed by atoms with van der Waals surface area (Å²) in [5.41, 5.74) is 2.94. The van der Waals surface area contributed by atoms with E-state index in [1.165, 1.54) is 0 Å². The van der Waals surface area contributed by atoms with Gasteiger partial charge in [0.2, 0.25) is 5.91 Å². The van der Waals surface area contributed by atoms with Gasteiger partial charge in [0, 0.05) is 32.3 Å². The third kappa shape index (κ3) is 4.75. The third-order valence-corrected chi connectivity index (χ3v) is 5.68. The van der Waals surface area contributed by atoms with Crippen LogP contribution in [-0.4, -0.2) is 47.7 Å². The number of nitrogens with zero attached hydrogens (tertiary/aromatic N) is 2. The highest BCUT2D eigenvalue weighted by atomic mass is 16.5. The van der Waals surface area contributed by atoms with E-state index in [1.807, 2.05) is 35.9 Å². The Labute approximate surface area is 186 Å². The largest absolute Gasteiger partial charge is 0.496 e. The van der Waals surface area contributed by atoms with Crippen molar-refractivity contribution < 1.29 is 19.1 Å². The van der Waals surface area contributed by atoms with E-state index in [2.05, 4.69) is 10.6 Å². The van der Waals surface area contributed by atoms with Crippen molar-refractivity contribution in [2.45, 2.75) is 31.8 Å². The predicted octanol–water partition coefficient (Wildman–Crippen LogP) is 3.06. The Balaban J connectivity index is 1.38. The van der Waals surface area contributed by atoms with Crippen LogP contribution in [0.2, 0.25) is 0 Å². The topological polar surface area (TPSA) is 94.5 Å². The van der Waals surface area contributed by atoms with Gasteiger partial charge >= 0.3 is 0 Å². The third-order valence-electron chi connectivity index (χ3n) is 5.68. The Morgan fingerprint density at radius 1 is 1.25 bits per heavy atom. The highest BCUT2D eigenvalue weighted by molar-refractivity contribution is 6.06. The Kier molecular flexibility index (Phi) is 6.70. The van der Waals surface area contributed by atoms with Crippen molar-refractivity contribution in [2.24, 2.45) is 7.05 Å². The average molecular weight is 437 g/mol. The fourth-order valence-corrected chi connectivity index (χ4v) is 3.94. The molecule has 2 heterocycles. The number of carbonyl (C=O) groups is 2. The van der Waals surface area contributed by atoms with Gasteiger partial charge in [0.1, 0.15) is 17.7 Å². The molecule has 32 heavy (non-hydrogen) atoms. The smallest absolute Gasteiger partial charge is 0.259 e. The molecular formula is C24H28N4O4. The van der Waals surface area contributed by atoms with E-state index < -0.39 is 0 Å². The average Bonchev–Trinajstić information content (AvgIpc) is 3.45. The van der Waals surface area contributed by atoms with Crippen molar-refractivity contribution in [3.63, 3.8) is 0 Å². The molecule has 0 aliphatic carbocycles. The van der Waals surface area contributed by atoms with Crippen LogP contribution in [0.1, 0.15) is 35.4 Å². The molecule has 2 amide bonds. The highest BCUT2D eigenvalue weighted by Crippen LogP contribution is 2.23. The number of aryl methyl sites for hydroxylation is 2. The minimum atomic E-state index is -0.296. The molecule has 3 aromatic rings. The van der Waals surface area contributed by atoms with Gasteiger partial charge in [-0.3, -0.25) is 9.59 Å². The summed E-state index contributed by atoms with van der Waals surface area (Å²) in [5, 5.41) is 5.86. The molecule has 8 nitrogen and oxygen atoms in total. The molecule has 1 aromatic heterocycles. The molecule has 2 N–H and O–H groups in total. The summed E-state index contributed by atoms with van der Waals surface area (Å²) in [6.07, 6.45) is 2.97. The molecule has 0 saturated carbocycles. The number of hydrogen-bond donors (Lipinski definition) is 2. The molecule has 0 unspecified atom stereocenters. The van der Waals surface area contributed by atoms with Gasteiger partial charge in [-0.15, -0.1) is 0 Å². The maximum absolute atomic E-state index is 12.7. The van der Waals surface area contributed by atoms with E-state index in [0.717, 1.165) is 42.5 Å². The fraction of sp³-hybridized carbons (Fsp3) is 0.375. The van der Waals surface area contributed by atoms with E-state index in [4.69, 9.17) is 14.5 Å². The number of fused-ring (bicyclic) bond motifs is 1. The molecule has 0 spiro atoms. The zero-order valence-corrected chi connectivity index (χ0v) is 18.4. The summed E-state index contributed by atoms with van der Waals surface area (Å²) in [6.45, 7) is 1.25. The molecule has 1 aliphatic heterocycles. The number of amides is 2. The van der Waals surface area contributed by atoms with Gasteiger partial charge < -0.3 is 24.7 Å². The van der Waals surface area contributed by atoms with E-state index >= 15 is 0 Å². The summed E-state index contributed by atoms with van der Waals surface area (Å²) in [5.74, 6) is 1.19. The quantitative estimate of drug-likeness (QED) is 0.529. The van der Waals surface area contributed by atoms with Crippen molar-refractivity contribution in [2.75, 3.05) is 25.6 Å². The standard InChI is InChI=1S/C24H28N4O4/c1-28-19-12-11-16(26-23(29)17-7-3-4-8-20(17)31-2)15-18(19)27-22(28)10-5-13-25-24(30)21-9-6-14-32-21/h3-4,7-8,11-12,15,21H,5-6,9-10,13-14H2,1-2H3,(H,25,30)(H,26,29)/t21-/m1/s1. The second kappa shape index (κ2) is 9.82. The van der Waals surface area contributed by atoms with Crippen LogP contribution < -0.4 is 15.4 Å². The van der Waals surface area contributed by atoms with Gasteiger partial charge in [0.25, 0.3) is 5.91 Å². The van der Waals surface area contributed by atoms with Gasteiger partial charge in [-0.25, -0.2) is 4.98 Å². The van der Waals surface area contributed by atoms with Crippen LogP contribution >= 0.6 is 0 Å². The lowest BCUT2D eigenvalue weighted by Crippen LogP contribution is -2.34. The van der Waals surface area contributed by atoms with Crippen LogP contribution in [0.25, 0.3) is 11.0 Å². The second-order valence-electron chi connectivity index (χ2n) is 7.84. The van der Waals surface area contributed by atoms with Crippen molar-refractivity contribution in [3.8, 4) is 5.75 Å². The first-order chi connectivity index (χ1) is 15.6. The number of anilines is 1. The second-order valence-corrected chi connectivity index (χ2v) is 7.84. The summed E-state index contributed by atoms with van der Waals surface area (Å²) in [7, 11) is 3.52. The molecule has 0 radical (unpaired) electrons. The minimum absolute atomic E-state index is 0.0251. The van der Waals surface area contributed by atoms with Crippen LogP contribution in [-0.2, 0) is 23.0 Å². The molecule has 2 aromatic carbocycles. The van der Waals surface area contributed by atoms with Crippen molar-refractivity contribution >= 4 is 28.5 Å². The number of benzene rings is 2. The molecule has 4 rings (SSSR count). The number of methoxy groups -OCH3 is 1. The highest BCUT2D eigenvalue weighted by Gasteiger charge is 2.22. The minimum Gasteiger partial charge on any atom is -0.496 e. The van der Waals surface area contributed by atoms with Crippen LogP contribution in [0.5, 0.6) is 5.75 Å². The van der Waals surface area contributed by atoms with E-state index in [-0.39, 0.29) is 17.9 Å². The number of carbonyl (C=O) groups excluding carboxylic acids is 2. The van der Waals surface area contributed by atoms with Crippen LogP contribution in [0.15, 0.2) is 42.5 Å². The molecule has 0 bridgehead atoms. The Morgan fingerprint density at radius 3 is 2.88 bits per heavy atom. The van der Waals surface area contributed by atoms with Gasteiger partial charge in [-0.1, -0.05) is 12.1 Å². The van der Waals surface area contributed by atoms with Gasteiger partial charge in [0.15, 0.2) is 0 Å². The van der Waals surface area contributed by atoms with Gasteiger partial charge in [-0.2, -0.15) is 0 Å². The number of hydrogen-bond acceptors (Lipinski definition) is 5. The summed E-state index contributed by atoms with van der Waals surface area (Å²) in [6, 6.07) is 12.8. The van der Waals surface area contributed by atoms with Crippen LogP contribution in [0, 0.1) is 0 Å². The fourth-order valence-electron chi connectivity index (χ4n) is 3.94. The molecule has 168 valence electrons. The van der Waals surface area contributed by atoms with E-state index in [9.17, 15) is 9.59 Å². The van der Waals surface area contributed by atoms with Crippen LogP contribution in [0.4, 0.5) is 5.69 Å². The molecular weight excluding hydrogens is 408 g/mol. The number of para-hydroxylation sites is 1. The predicted molar refractivity (Wildman–Crippen MR) is 122 cm³/mol. The Hall–Kier alpha value is -3.39. The maximum atomic E-state index is 12.7. The normalized spacial score (nSPS) is 15.6. The lowest BCUT2D eigenvalue weighted by Gasteiger charge is -2.10. The zero-order valence-electron chi connectivity index (χ0n) is 18.4. The number of rotatable bonds is 8. The van der Waals surface area contributed by atoms with Crippen molar-refractivity contribution in [1.29, 1.82) is 0 Å². The molecule has 1 atom stereocenters. The first-order valence-corrected chi connectivity index (χ1v) is 10.9. The number of imidazole rings is 1. The number of nitrogens with one attached hydrogen (secondary N) is 2. The van der Waals surface area contributed by atoms with Crippen molar-refractivity contribution in [1.82, 2.24) is 14.9 Å². The SMILES string of the molecule is COc1ccccc1C(=O)Nc1ccc2c(c1)nc(CCCNC(=O)[C@H]1CCCO1)n2C. The van der Waals surface area contributed by atoms with Gasteiger partial charge in [0.05, 0.1) is 23.7 Å². The van der Waals surface area contributed by atoms with Crippen LogP contribution in [0.3, 0.4) is 0 Å². The van der Waals surface area contributed by atoms with Gasteiger partial charge in [-0.05, 0) is 49.6 Å². The molecule has 1 fully saturated rings. The summed E-state index contributed by atoms with van der Waals surface area (Å²) >= 11 is 0. The lowest BCUT2D eigenvalue weighted by molar-refractivity contribution is -0.130. The Morgan fingerprint density at radius 2 is 2.09 bits per heavy atom. The maximum Gasteiger partial charge on any atom is 0.259 e.